The summed E-state index contributed by atoms with van der Waals surface area (Å²) in [6, 6.07) is 8.50. The van der Waals surface area contributed by atoms with Crippen molar-refractivity contribution in [1.82, 2.24) is 5.32 Å². The highest BCUT2D eigenvalue weighted by Gasteiger charge is 2.21. The Bertz CT molecular complexity index is 375. The molecule has 0 aliphatic carbocycles. The zero-order valence-electron chi connectivity index (χ0n) is 12.0. The normalized spacial score (nSPS) is 18.4. The highest BCUT2D eigenvalue weighted by atomic mass is 16.5. The summed E-state index contributed by atoms with van der Waals surface area (Å²) < 4.78 is 11.7. The second-order valence-electron chi connectivity index (χ2n) is 5.10. The average Bonchev–Trinajstić information content (AvgIpc) is 2.45. The van der Waals surface area contributed by atoms with Gasteiger partial charge in [-0.15, -0.1) is 0 Å². The molecule has 1 N–H and O–H groups in total. The molecule has 1 unspecified atom stereocenters. The fourth-order valence-corrected chi connectivity index (χ4v) is 2.50. The molecule has 1 atom stereocenters. The van der Waals surface area contributed by atoms with Gasteiger partial charge < -0.3 is 14.8 Å². The van der Waals surface area contributed by atoms with Gasteiger partial charge >= 0.3 is 0 Å². The molecule has 1 aromatic carbocycles. The lowest BCUT2D eigenvalue weighted by Crippen LogP contribution is -2.30. The Kier molecular flexibility index (Phi) is 5.83. The van der Waals surface area contributed by atoms with Crippen LogP contribution in [0.4, 0.5) is 0 Å². The quantitative estimate of drug-likeness (QED) is 0.856. The largest absolute Gasteiger partial charge is 0.381 e. The first-order valence-electron chi connectivity index (χ1n) is 7.30. The van der Waals surface area contributed by atoms with Crippen molar-refractivity contribution in [3.8, 4) is 0 Å². The second-order valence-corrected chi connectivity index (χ2v) is 5.10. The van der Waals surface area contributed by atoms with E-state index in [1.165, 1.54) is 11.1 Å². The van der Waals surface area contributed by atoms with E-state index in [-0.39, 0.29) is 6.10 Å². The molecule has 0 bridgehead atoms. The summed E-state index contributed by atoms with van der Waals surface area (Å²) in [6.45, 7) is 7.78. The molecule has 0 spiro atoms. The number of nitrogens with one attached hydrogen (secondary N) is 1. The standard InChI is InChI=1S/C16H25NO2/c1-3-17-12-16(15-7-5-4-6-13(15)2)19-14-8-10-18-11-9-14/h4-7,14,16-17H,3,8-12H2,1-2H3. The van der Waals surface area contributed by atoms with Crippen LogP contribution in [0.1, 0.15) is 37.0 Å². The van der Waals surface area contributed by atoms with Gasteiger partial charge in [-0.2, -0.15) is 0 Å². The van der Waals surface area contributed by atoms with Crippen LogP contribution < -0.4 is 5.32 Å². The van der Waals surface area contributed by atoms with Crippen LogP contribution in [0.3, 0.4) is 0 Å². The molecule has 0 aromatic heterocycles. The molecule has 3 nitrogen and oxygen atoms in total. The SMILES string of the molecule is CCNCC(OC1CCOCC1)c1ccccc1C. The van der Waals surface area contributed by atoms with Crippen molar-refractivity contribution in [2.45, 2.75) is 38.9 Å². The Morgan fingerprint density at radius 3 is 2.74 bits per heavy atom. The van der Waals surface area contributed by atoms with Crippen LogP contribution in [-0.4, -0.2) is 32.4 Å². The lowest BCUT2D eigenvalue weighted by molar-refractivity contribution is -0.0689. The number of likely N-dealkylation sites (N-methyl/N-ethyl adjacent to an activating group) is 1. The molecule has 1 aromatic rings. The second kappa shape index (κ2) is 7.63. The first-order valence-corrected chi connectivity index (χ1v) is 7.30. The van der Waals surface area contributed by atoms with Gasteiger partial charge in [0.1, 0.15) is 0 Å². The van der Waals surface area contributed by atoms with Crippen molar-refractivity contribution in [1.29, 1.82) is 0 Å². The van der Waals surface area contributed by atoms with Gasteiger partial charge in [0.2, 0.25) is 0 Å². The fourth-order valence-electron chi connectivity index (χ4n) is 2.50. The summed E-state index contributed by atoms with van der Waals surface area (Å²) in [4.78, 5) is 0. The molecular formula is C16H25NO2. The molecule has 3 heteroatoms. The fraction of sp³-hybridized carbons (Fsp3) is 0.625. The van der Waals surface area contributed by atoms with Crippen LogP contribution >= 0.6 is 0 Å². The summed E-state index contributed by atoms with van der Waals surface area (Å²) in [5.74, 6) is 0. The van der Waals surface area contributed by atoms with Crippen LogP contribution in [0, 0.1) is 6.92 Å². The summed E-state index contributed by atoms with van der Waals surface area (Å²) in [6.07, 6.45) is 2.49. The van der Waals surface area contributed by atoms with Crippen molar-refractivity contribution >= 4 is 0 Å². The van der Waals surface area contributed by atoms with Crippen molar-refractivity contribution in [2.75, 3.05) is 26.3 Å². The number of hydrogen-bond donors (Lipinski definition) is 1. The Labute approximate surface area is 116 Å². The minimum Gasteiger partial charge on any atom is -0.381 e. The Hall–Kier alpha value is -0.900. The van der Waals surface area contributed by atoms with Crippen molar-refractivity contribution in [2.24, 2.45) is 0 Å². The Morgan fingerprint density at radius 2 is 2.05 bits per heavy atom. The molecule has 0 amide bonds. The van der Waals surface area contributed by atoms with Gasteiger partial charge in [-0.25, -0.2) is 0 Å². The minimum absolute atomic E-state index is 0.143. The zero-order valence-corrected chi connectivity index (χ0v) is 12.0. The highest BCUT2D eigenvalue weighted by Crippen LogP contribution is 2.25. The molecule has 1 fully saturated rings. The summed E-state index contributed by atoms with van der Waals surface area (Å²) in [5.41, 5.74) is 2.60. The van der Waals surface area contributed by atoms with Gasteiger partial charge in [0, 0.05) is 19.8 Å². The van der Waals surface area contributed by atoms with E-state index in [0.29, 0.717) is 6.10 Å². The zero-order chi connectivity index (χ0) is 13.5. The van der Waals surface area contributed by atoms with Crippen molar-refractivity contribution < 1.29 is 9.47 Å². The van der Waals surface area contributed by atoms with Crippen molar-refractivity contribution in [3.05, 3.63) is 35.4 Å². The Morgan fingerprint density at radius 1 is 1.32 bits per heavy atom. The smallest absolute Gasteiger partial charge is 0.0955 e. The maximum Gasteiger partial charge on any atom is 0.0955 e. The first-order chi connectivity index (χ1) is 9.31. The van der Waals surface area contributed by atoms with Gasteiger partial charge in [-0.05, 0) is 37.4 Å². The number of benzene rings is 1. The van der Waals surface area contributed by atoms with E-state index in [4.69, 9.17) is 9.47 Å². The number of ether oxygens (including phenoxy) is 2. The van der Waals surface area contributed by atoms with E-state index >= 15 is 0 Å². The Balaban J connectivity index is 2.04. The van der Waals surface area contributed by atoms with E-state index in [0.717, 1.165) is 39.1 Å². The van der Waals surface area contributed by atoms with E-state index in [1.54, 1.807) is 0 Å². The van der Waals surface area contributed by atoms with E-state index in [2.05, 4.69) is 43.4 Å². The van der Waals surface area contributed by atoms with Crippen molar-refractivity contribution in [3.63, 3.8) is 0 Å². The van der Waals surface area contributed by atoms with Gasteiger partial charge in [0.05, 0.1) is 12.2 Å². The van der Waals surface area contributed by atoms with E-state index in [9.17, 15) is 0 Å². The monoisotopic (exact) mass is 263 g/mol. The lowest BCUT2D eigenvalue weighted by atomic mass is 10.0. The van der Waals surface area contributed by atoms with Crippen LogP contribution in [0.5, 0.6) is 0 Å². The molecule has 0 radical (unpaired) electrons. The molecular weight excluding hydrogens is 238 g/mol. The third-order valence-corrected chi connectivity index (χ3v) is 3.64. The topological polar surface area (TPSA) is 30.5 Å². The molecule has 106 valence electrons. The molecule has 2 rings (SSSR count). The van der Waals surface area contributed by atoms with Gasteiger partial charge in [0.15, 0.2) is 0 Å². The molecule has 0 saturated carbocycles. The number of rotatable bonds is 6. The molecule has 1 saturated heterocycles. The lowest BCUT2D eigenvalue weighted by Gasteiger charge is -2.29. The van der Waals surface area contributed by atoms with Gasteiger partial charge in [-0.3, -0.25) is 0 Å². The predicted molar refractivity (Wildman–Crippen MR) is 77.4 cm³/mol. The minimum atomic E-state index is 0.143. The average molecular weight is 263 g/mol. The maximum absolute atomic E-state index is 6.32. The van der Waals surface area contributed by atoms with Crippen LogP contribution in [0.2, 0.25) is 0 Å². The van der Waals surface area contributed by atoms with E-state index < -0.39 is 0 Å². The van der Waals surface area contributed by atoms with Crippen LogP contribution in [0.25, 0.3) is 0 Å². The number of hydrogen-bond acceptors (Lipinski definition) is 3. The third kappa shape index (κ3) is 4.30. The maximum atomic E-state index is 6.32. The third-order valence-electron chi connectivity index (χ3n) is 3.64. The van der Waals surface area contributed by atoms with Crippen LogP contribution in [0.15, 0.2) is 24.3 Å². The number of aryl methyl sites for hydroxylation is 1. The molecule has 1 heterocycles. The summed E-state index contributed by atoms with van der Waals surface area (Å²) in [7, 11) is 0. The molecule has 1 aliphatic heterocycles. The van der Waals surface area contributed by atoms with Crippen LogP contribution in [-0.2, 0) is 9.47 Å². The first kappa shape index (κ1) is 14.5. The van der Waals surface area contributed by atoms with Gasteiger partial charge in [-0.1, -0.05) is 31.2 Å². The predicted octanol–water partition coefficient (Wildman–Crippen LogP) is 2.84. The molecule has 1 aliphatic rings. The summed E-state index contributed by atoms with van der Waals surface area (Å²) in [5, 5.41) is 3.41. The summed E-state index contributed by atoms with van der Waals surface area (Å²) >= 11 is 0. The highest BCUT2D eigenvalue weighted by molar-refractivity contribution is 5.28. The molecule has 19 heavy (non-hydrogen) atoms. The van der Waals surface area contributed by atoms with E-state index in [1.807, 2.05) is 0 Å². The van der Waals surface area contributed by atoms with Gasteiger partial charge in [0.25, 0.3) is 0 Å².